The Kier molecular flexibility index (Phi) is 5.36. The number of hydrogen-bond acceptors (Lipinski definition) is 5. The molecule has 1 aromatic heterocycles. The second-order valence-electron chi connectivity index (χ2n) is 5.49. The molecule has 3 rings (SSSR count). The molecule has 1 unspecified atom stereocenters. The number of hydrogen-bond donors (Lipinski definition) is 2. The van der Waals surface area contributed by atoms with Crippen molar-refractivity contribution in [2.45, 2.75) is 27.4 Å². The van der Waals surface area contributed by atoms with E-state index < -0.39 is 6.10 Å². The zero-order chi connectivity index (χ0) is 16.4. The van der Waals surface area contributed by atoms with Crippen LogP contribution in [-0.2, 0) is 0 Å². The fourth-order valence-electron chi connectivity index (χ4n) is 2.52. The smallest absolute Gasteiger partial charge is 0.141 e. The number of nitrogens with one attached hydrogen (secondary N) is 1. The van der Waals surface area contributed by atoms with Gasteiger partial charge in [0.15, 0.2) is 0 Å². The minimum Gasteiger partial charge on any atom is -0.496 e. The molecule has 0 radical (unpaired) electrons. The highest BCUT2D eigenvalue weighted by molar-refractivity contribution is 5.92. The lowest BCUT2D eigenvalue weighted by Gasteiger charge is -2.12. The maximum atomic E-state index is 9.71. The molecule has 0 aliphatic heterocycles. The molecule has 0 saturated carbocycles. The van der Waals surface area contributed by atoms with Crippen LogP contribution in [0.3, 0.4) is 0 Å². The number of nitrogens with zero attached hydrogens (tertiary/aromatic N) is 2. The summed E-state index contributed by atoms with van der Waals surface area (Å²) in [7, 11) is 1.65. The van der Waals surface area contributed by atoms with Crippen molar-refractivity contribution in [2.75, 3.05) is 12.4 Å². The summed E-state index contributed by atoms with van der Waals surface area (Å²) in [4.78, 5) is 8.66. The van der Waals surface area contributed by atoms with Gasteiger partial charge in [0, 0.05) is 11.1 Å². The number of rotatable bonds is 4. The van der Waals surface area contributed by atoms with Gasteiger partial charge in [-0.1, -0.05) is 19.6 Å². The van der Waals surface area contributed by atoms with E-state index >= 15 is 0 Å². The third-order valence-corrected chi connectivity index (χ3v) is 3.78. The molecule has 2 N–H and O–H groups in total. The van der Waals surface area contributed by atoms with Crippen LogP contribution in [0.15, 0.2) is 42.7 Å². The van der Waals surface area contributed by atoms with E-state index in [-0.39, 0.29) is 7.43 Å². The van der Waals surface area contributed by atoms with Gasteiger partial charge in [0.2, 0.25) is 0 Å². The highest BCUT2D eigenvalue weighted by Gasteiger charge is 2.09. The SMILES string of the molecule is C.COc1cc2c(Nc3cccc(C(C)O)c3)ncnc2cc1C. The van der Waals surface area contributed by atoms with Gasteiger partial charge in [0.1, 0.15) is 17.9 Å². The first-order valence-corrected chi connectivity index (χ1v) is 7.43. The van der Waals surface area contributed by atoms with Crippen molar-refractivity contribution >= 4 is 22.4 Å². The molecule has 0 amide bonds. The molecule has 24 heavy (non-hydrogen) atoms. The fraction of sp³-hybridized carbons (Fsp3) is 0.263. The standard InChI is InChI=1S/C18H19N3O2.CH4/c1-11-7-16-15(9-17(11)23-3)18(20-10-19-16)21-14-6-4-5-13(8-14)12(2)22;/h4-10,12,22H,1-3H3,(H,19,20,21);1H4. The monoisotopic (exact) mass is 325 g/mol. The predicted octanol–water partition coefficient (Wildman–Crippen LogP) is 4.38. The van der Waals surface area contributed by atoms with E-state index in [1.165, 1.54) is 6.33 Å². The first kappa shape index (κ1) is 17.7. The molecule has 0 spiro atoms. The van der Waals surface area contributed by atoms with Gasteiger partial charge in [-0.25, -0.2) is 9.97 Å². The van der Waals surface area contributed by atoms with Crippen molar-refractivity contribution < 1.29 is 9.84 Å². The summed E-state index contributed by atoms with van der Waals surface area (Å²) in [5, 5.41) is 13.9. The molecular formula is C19H23N3O2. The van der Waals surface area contributed by atoms with Gasteiger partial charge in [-0.15, -0.1) is 0 Å². The van der Waals surface area contributed by atoms with Crippen molar-refractivity contribution in [3.8, 4) is 5.75 Å². The molecule has 126 valence electrons. The first-order valence-electron chi connectivity index (χ1n) is 7.43. The second kappa shape index (κ2) is 7.27. The van der Waals surface area contributed by atoms with Crippen molar-refractivity contribution in [1.82, 2.24) is 9.97 Å². The third kappa shape index (κ3) is 3.46. The van der Waals surface area contributed by atoms with Gasteiger partial charge in [-0.3, -0.25) is 0 Å². The van der Waals surface area contributed by atoms with Gasteiger partial charge in [-0.2, -0.15) is 0 Å². The number of anilines is 2. The summed E-state index contributed by atoms with van der Waals surface area (Å²) in [6, 6.07) is 11.5. The number of aliphatic hydroxyl groups excluding tert-OH is 1. The van der Waals surface area contributed by atoms with Crippen LogP contribution in [-0.4, -0.2) is 22.2 Å². The van der Waals surface area contributed by atoms with Crippen LogP contribution < -0.4 is 10.1 Å². The highest BCUT2D eigenvalue weighted by Crippen LogP contribution is 2.29. The van der Waals surface area contributed by atoms with Crippen LogP contribution in [0.1, 0.15) is 31.6 Å². The van der Waals surface area contributed by atoms with E-state index in [4.69, 9.17) is 4.74 Å². The Morgan fingerprint density at radius 1 is 1.17 bits per heavy atom. The number of fused-ring (bicyclic) bond motifs is 1. The quantitative estimate of drug-likeness (QED) is 0.745. The van der Waals surface area contributed by atoms with Crippen LogP contribution in [0, 0.1) is 6.92 Å². The minimum atomic E-state index is -0.512. The molecular weight excluding hydrogens is 302 g/mol. The largest absolute Gasteiger partial charge is 0.496 e. The number of benzene rings is 2. The molecule has 0 saturated heterocycles. The Balaban J connectivity index is 0.00000208. The van der Waals surface area contributed by atoms with Crippen LogP contribution in [0.5, 0.6) is 5.75 Å². The normalized spacial score (nSPS) is 11.7. The highest BCUT2D eigenvalue weighted by atomic mass is 16.5. The average Bonchev–Trinajstić information content (AvgIpc) is 2.54. The molecule has 0 bridgehead atoms. The topological polar surface area (TPSA) is 67.3 Å². The molecule has 1 atom stereocenters. The molecule has 5 heteroatoms. The van der Waals surface area contributed by atoms with Crippen molar-refractivity contribution in [3.05, 3.63) is 53.9 Å². The molecule has 5 nitrogen and oxygen atoms in total. The summed E-state index contributed by atoms with van der Waals surface area (Å²) < 4.78 is 5.39. The summed E-state index contributed by atoms with van der Waals surface area (Å²) in [5.41, 5.74) is 3.60. The second-order valence-corrected chi connectivity index (χ2v) is 5.49. The molecule has 0 aliphatic rings. The van der Waals surface area contributed by atoms with Crippen molar-refractivity contribution in [1.29, 1.82) is 0 Å². The maximum absolute atomic E-state index is 9.71. The van der Waals surface area contributed by atoms with Crippen molar-refractivity contribution in [2.24, 2.45) is 0 Å². The van der Waals surface area contributed by atoms with E-state index in [0.717, 1.165) is 33.5 Å². The molecule has 0 aliphatic carbocycles. The Bertz CT molecular complexity index is 847. The zero-order valence-corrected chi connectivity index (χ0v) is 13.4. The number of aromatic nitrogens is 2. The Hall–Kier alpha value is -2.66. The molecule has 0 fully saturated rings. The maximum Gasteiger partial charge on any atom is 0.141 e. The lowest BCUT2D eigenvalue weighted by atomic mass is 10.1. The van der Waals surface area contributed by atoms with Crippen LogP contribution in [0.4, 0.5) is 11.5 Å². The van der Waals surface area contributed by atoms with Crippen LogP contribution in [0.25, 0.3) is 10.9 Å². The Morgan fingerprint density at radius 2 is 1.96 bits per heavy atom. The molecule has 3 aromatic rings. The van der Waals surface area contributed by atoms with E-state index in [1.807, 2.05) is 43.3 Å². The van der Waals surface area contributed by atoms with E-state index in [9.17, 15) is 5.11 Å². The van der Waals surface area contributed by atoms with Gasteiger partial charge >= 0.3 is 0 Å². The fourth-order valence-corrected chi connectivity index (χ4v) is 2.52. The number of ether oxygens (including phenoxy) is 1. The zero-order valence-electron chi connectivity index (χ0n) is 13.4. The lowest BCUT2D eigenvalue weighted by molar-refractivity contribution is 0.199. The summed E-state index contributed by atoms with van der Waals surface area (Å²) >= 11 is 0. The average molecular weight is 325 g/mol. The number of aliphatic hydroxyl groups is 1. The minimum absolute atomic E-state index is 0. The Labute approximate surface area is 142 Å². The van der Waals surface area contributed by atoms with Gasteiger partial charge in [-0.05, 0) is 49.2 Å². The van der Waals surface area contributed by atoms with Gasteiger partial charge < -0.3 is 15.2 Å². The molecule has 1 heterocycles. The number of methoxy groups -OCH3 is 1. The van der Waals surface area contributed by atoms with Crippen LogP contribution in [0.2, 0.25) is 0 Å². The Morgan fingerprint density at radius 3 is 2.67 bits per heavy atom. The summed E-state index contributed by atoms with van der Waals surface area (Å²) in [6.07, 6.45) is 1.02. The summed E-state index contributed by atoms with van der Waals surface area (Å²) in [5.74, 6) is 1.50. The van der Waals surface area contributed by atoms with Gasteiger partial charge in [0.25, 0.3) is 0 Å². The first-order chi connectivity index (χ1) is 11.1. The number of aryl methyl sites for hydroxylation is 1. The van der Waals surface area contributed by atoms with Gasteiger partial charge in [0.05, 0.1) is 18.7 Å². The van der Waals surface area contributed by atoms with E-state index in [0.29, 0.717) is 5.82 Å². The molecule has 2 aromatic carbocycles. The van der Waals surface area contributed by atoms with Crippen LogP contribution >= 0.6 is 0 Å². The predicted molar refractivity (Wildman–Crippen MR) is 97.9 cm³/mol. The summed E-state index contributed by atoms with van der Waals surface area (Å²) in [6.45, 7) is 3.73. The van der Waals surface area contributed by atoms with E-state index in [1.54, 1.807) is 14.0 Å². The lowest BCUT2D eigenvalue weighted by Crippen LogP contribution is -1.99. The van der Waals surface area contributed by atoms with Crippen molar-refractivity contribution in [3.63, 3.8) is 0 Å². The van der Waals surface area contributed by atoms with E-state index in [2.05, 4.69) is 15.3 Å². The third-order valence-electron chi connectivity index (χ3n) is 3.78.